The van der Waals surface area contributed by atoms with Crippen LogP contribution >= 0.6 is 0 Å². The van der Waals surface area contributed by atoms with Crippen molar-refractivity contribution in [1.82, 2.24) is 24.6 Å². The van der Waals surface area contributed by atoms with Crippen LogP contribution in [0.1, 0.15) is 25.5 Å². The van der Waals surface area contributed by atoms with E-state index in [1.807, 2.05) is 13.1 Å². The summed E-state index contributed by atoms with van der Waals surface area (Å²) in [5, 5.41) is 19.9. The Morgan fingerprint density at radius 1 is 1.43 bits per heavy atom. The highest BCUT2D eigenvalue weighted by molar-refractivity contribution is 7.88. The second-order valence-electron chi connectivity index (χ2n) is 4.84. The number of nitrogens with one attached hydrogen (secondary N) is 1. The summed E-state index contributed by atoms with van der Waals surface area (Å²) in [6, 6.07) is 0. The van der Waals surface area contributed by atoms with Gasteiger partial charge in [0.15, 0.2) is 0 Å². The summed E-state index contributed by atoms with van der Waals surface area (Å²) in [4.78, 5) is 0. The molecule has 0 saturated heterocycles. The molecule has 1 heterocycles. The van der Waals surface area contributed by atoms with Gasteiger partial charge >= 0.3 is 0 Å². The molecule has 0 bridgehead atoms. The summed E-state index contributed by atoms with van der Waals surface area (Å²) in [5.41, 5.74) is 0.836. The number of rotatable bonds is 11. The first-order chi connectivity index (χ1) is 9.97. The average molecular weight is 319 g/mol. The minimum atomic E-state index is -3.10. The Balaban J connectivity index is 2.20. The van der Waals surface area contributed by atoms with Crippen molar-refractivity contribution in [2.24, 2.45) is 0 Å². The summed E-state index contributed by atoms with van der Waals surface area (Å²) < 4.78 is 26.0. The van der Waals surface area contributed by atoms with Gasteiger partial charge in [-0.2, -0.15) is 0 Å². The van der Waals surface area contributed by atoms with Gasteiger partial charge in [0.25, 0.3) is 0 Å². The second-order valence-corrected chi connectivity index (χ2v) is 6.82. The molecular formula is C12H25N5O3S. The monoisotopic (exact) mass is 319 g/mol. The molecule has 1 rings (SSSR count). The average Bonchev–Trinajstić information content (AvgIpc) is 2.87. The molecule has 2 N–H and O–H groups in total. The molecule has 0 atom stereocenters. The highest BCUT2D eigenvalue weighted by atomic mass is 32.2. The highest BCUT2D eigenvalue weighted by Crippen LogP contribution is 1.99. The Labute approximate surface area is 126 Å². The molecule has 0 spiro atoms. The molecule has 0 radical (unpaired) electrons. The van der Waals surface area contributed by atoms with Gasteiger partial charge in [-0.1, -0.05) is 12.1 Å². The van der Waals surface area contributed by atoms with Gasteiger partial charge in [-0.3, -0.25) is 4.68 Å². The summed E-state index contributed by atoms with van der Waals surface area (Å²) in [6.07, 6.45) is 4.49. The summed E-state index contributed by atoms with van der Waals surface area (Å²) in [5.74, 6) is 0. The lowest BCUT2D eigenvalue weighted by molar-refractivity contribution is 0.276. The van der Waals surface area contributed by atoms with E-state index in [-0.39, 0.29) is 6.61 Å². The molecule has 122 valence electrons. The number of aromatic nitrogens is 3. The maximum absolute atomic E-state index is 11.4. The summed E-state index contributed by atoms with van der Waals surface area (Å²) >= 11 is 0. The Bertz CT molecular complexity index is 503. The van der Waals surface area contributed by atoms with Crippen molar-refractivity contribution in [3.8, 4) is 0 Å². The van der Waals surface area contributed by atoms with E-state index < -0.39 is 10.0 Å². The van der Waals surface area contributed by atoms with Crippen LogP contribution in [0.4, 0.5) is 0 Å². The third-order valence-corrected chi connectivity index (χ3v) is 4.40. The van der Waals surface area contributed by atoms with Crippen molar-refractivity contribution < 1.29 is 13.5 Å². The van der Waals surface area contributed by atoms with E-state index >= 15 is 0 Å². The van der Waals surface area contributed by atoms with Crippen molar-refractivity contribution in [1.29, 1.82) is 0 Å². The second kappa shape index (κ2) is 9.08. The van der Waals surface area contributed by atoms with E-state index in [0.29, 0.717) is 32.6 Å². The number of aliphatic hydroxyl groups is 1. The van der Waals surface area contributed by atoms with E-state index in [9.17, 15) is 8.42 Å². The van der Waals surface area contributed by atoms with Crippen molar-refractivity contribution in [2.45, 2.75) is 32.9 Å². The maximum Gasteiger partial charge on any atom is 0.211 e. The molecule has 9 heteroatoms. The van der Waals surface area contributed by atoms with Crippen molar-refractivity contribution in [3.63, 3.8) is 0 Å². The molecule has 1 aromatic rings. The van der Waals surface area contributed by atoms with Crippen LogP contribution in [0.5, 0.6) is 0 Å². The first-order valence-electron chi connectivity index (χ1n) is 7.13. The topological polar surface area (TPSA) is 100 Å². The molecule has 8 nitrogen and oxygen atoms in total. The number of hydrogen-bond donors (Lipinski definition) is 2. The van der Waals surface area contributed by atoms with Gasteiger partial charge in [0.05, 0.1) is 11.9 Å². The number of sulfonamides is 1. The Morgan fingerprint density at radius 3 is 2.81 bits per heavy atom. The zero-order valence-electron chi connectivity index (χ0n) is 12.7. The first kappa shape index (κ1) is 18.0. The number of aliphatic hydroxyl groups excluding tert-OH is 1. The molecule has 21 heavy (non-hydrogen) atoms. The van der Waals surface area contributed by atoms with E-state index in [1.54, 1.807) is 4.68 Å². The lowest BCUT2D eigenvalue weighted by atomic mass is 10.4. The fourth-order valence-electron chi connectivity index (χ4n) is 1.92. The predicted octanol–water partition coefficient (Wildman–Crippen LogP) is -0.578. The van der Waals surface area contributed by atoms with Gasteiger partial charge in [0, 0.05) is 39.0 Å². The lowest BCUT2D eigenvalue weighted by Gasteiger charge is -2.17. The Hall–Kier alpha value is -1.03. The Morgan fingerprint density at radius 2 is 2.19 bits per heavy atom. The standard InChI is InChI=1S/C12H25N5O3S/c1-3-17(21(2,19)20)8-4-6-13-10-12-11-16(15-14-12)7-5-9-18/h11,13,18H,3-10H2,1-2H3. The molecule has 0 saturated carbocycles. The maximum atomic E-state index is 11.4. The first-order valence-corrected chi connectivity index (χ1v) is 8.98. The lowest BCUT2D eigenvalue weighted by Crippen LogP contribution is -2.32. The van der Waals surface area contributed by atoms with E-state index in [4.69, 9.17) is 5.11 Å². The van der Waals surface area contributed by atoms with Gasteiger partial charge in [0.2, 0.25) is 10.0 Å². The van der Waals surface area contributed by atoms with Gasteiger partial charge in [-0.05, 0) is 19.4 Å². The van der Waals surface area contributed by atoms with E-state index in [0.717, 1.165) is 18.7 Å². The molecule has 0 aliphatic carbocycles. The normalized spacial score (nSPS) is 12.2. The van der Waals surface area contributed by atoms with Crippen molar-refractivity contribution in [2.75, 3.05) is 32.5 Å². The SMILES string of the molecule is CCN(CCCNCc1cn(CCCO)nn1)S(C)(=O)=O. The molecule has 0 aliphatic heterocycles. The minimum Gasteiger partial charge on any atom is -0.396 e. The van der Waals surface area contributed by atoms with Crippen LogP contribution in [0.25, 0.3) is 0 Å². The molecule has 0 fully saturated rings. The molecular weight excluding hydrogens is 294 g/mol. The van der Waals surface area contributed by atoms with Crippen LogP contribution in [0.15, 0.2) is 6.20 Å². The molecule has 0 aromatic carbocycles. The minimum absolute atomic E-state index is 0.141. The fourth-order valence-corrected chi connectivity index (χ4v) is 2.85. The van der Waals surface area contributed by atoms with Crippen molar-refractivity contribution >= 4 is 10.0 Å². The quantitative estimate of drug-likeness (QED) is 0.529. The van der Waals surface area contributed by atoms with Crippen LogP contribution in [0.2, 0.25) is 0 Å². The van der Waals surface area contributed by atoms with E-state index in [1.165, 1.54) is 10.6 Å². The van der Waals surface area contributed by atoms with Crippen LogP contribution in [-0.2, 0) is 23.1 Å². The van der Waals surface area contributed by atoms with Gasteiger partial charge < -0.3 is 10.4 Å². The van der Waals surface area contributed by atoms with Gasteiger partial charge in [-0.25, -0.2) is 12.7 Å². The smallest absolute Gasteiger partial charge is 0.211 e. The zero-order chi connectivity index (χ0) is 15.7. The van der Waals surface area contributed by atoms with E-state index in [2.05, 4.69) is 15.6 Å². The predicted molar refractivity (Wildman–Crippen MR) is 80.1 cm³/mol. The highest BCUT2D eigenvalue weighted by Gasteiger charge is 2.12. The fraction of sp³-hybridized carbons (Fsp3) is 0.833. The molecule has 0 unspecified atom stereocenters. The Kier molecular flexibility index (Phi) is 7.79. The number of aryl methyl sites for hydroxylation is 1. The number of nitrogens with zero attached hydrogens (tertiary/aromatic N) is 4. The third-order valence-electron chi connectivity index (χ3n) is 3.02. The van der Waals surface area contributed by atoms with Crippen LogP contribution in [0, 0.1) is 0 Å². The largest absolute Gasteiger partial charge is 0.396 e. The third kappa shape index (κ3) is 6.98. The van der Waals surface area contributed by atoms with Crippen molar-refractivity contribution in [3.05, 3.63) is 11.9 Å². The molecule has 0 aliphatic rings. The van der Waals surface area contributed by atoms with Crippen LogP contribution < -0.4 is 5.32 Å². The van der Waals surface area contributed by atoms with Gasteiger partial charge in [-0.15, -0.1) is 5.10 Å². The van der Waals surface area contributed by atoms with Crippen LogP contribution in [-0.4, -0.2) is 65.3 Å². The molecule has 0 amide bonds. The zero-order valence-corrected chi connectivity index (χ0v) is 13.5. The van der Waals surface area contributed by atoms with Gasteiger partial charge in [0.1, 0.15) is 0 Å². The summed E-state index contributed by atoms with van der Waals surface area (Å²) in [6.45, 7) is 4.97. The van der Waals surface area contributed by atoms with Crippen LogP contribution in [0.3, 0.4) is 0 Å². The number of hydrogen-bond acceptors (Lipinski definition) is 6. The summed E-state index contributed by atoms with van der Waals surface area (Å²) in [7, 11) is -3.10. The molecule has 1 aromatic heterocycles.